The first-order chi connectivity index (χ1) is 28.0. The molecule has 11 heteroatoms. The van der Waals surface area contributed by atoms with Gasteiger partial charge in [0.1, 0.15) is 36.6 Å². The van der Waals surface area contributed by atoms with E-state index in [2.05, 4.69) is 26.1 Å². The number of aliphatic hydroxyl groups excluding tert-OH is 7. The number of aliphatic hydroxyl groups is 7. The molecule has 1 unspecified atom stereocenters. The minimum absolute atomic E-state index is 0.265. The number of nitrogens with one attached hydrogen (secondary N) is 1. The predicted molar refractivity (Wildman–Crippen MR) is 233 cm³/mol. The maximum Gasteiger partial charge on any atom is 0.249 e. The quantitative estimate of drug-likeness (QED) is 0.0280. The lowest BCUT2D eigenvalue weighted by Gasteiger charge is -2.40. The van der Waals surface area contributed by atoms with Gasteiger partial charge in [0.2, 0.25) is 5.91 Å². The van der Waals surface area contributed by atoms with Gasteiger partial charge in [0, 0.05) is 0 Å². The van der Waals surface area contributed by atoms with Gasteiger partial charge >= 0.3 is 0 Å². The van der Waals surface area contributed by atoms with E-state index >= 15 is 0 Å². The summed E-state index contributed by atoms with van der Waals surface area (Å²) in [4.78, 5) is 13.1. The lowest BCUT2D eigenvalue weighted by molar-refractivity contribution is -0.303. The highest BCUT2D eigenvalue weighted by Gasteiger charge is 2.44. The van der Waals surface area contributed by atoms with E-state index in [9.17, 15) is 40.5 Å². The highest BCUT2D eigenvalue weighted by Crippen LogP contribution is 2.23. The molecule has 1 fully saturated rings. The third-order valence-corrected chi connectivity index (χ3v) is 12.1. The Morgan fingerprint density at radius 3 is 1.38 bits per heavy atom. The smallest absolute Gasteiger partial charge is 0.249 e. The second-order valence-corrected chi connectivity index (χ2v) is 18.0. The van der Waals surface area contributed by atoms with Crippen LogP contribution < -0.4 is 5.32 Å². The summed E-state index contributed by atoms with van der Waals surface area (Å²) in [7, 11) is 0. The lowest BCUT2D eigenvalue weighted by atomic mass is 9.98. The first-order valence-corrected chi connectivity index (χ1v) is 24.3. The van der Waals surface area contributed by atoms with E-state index < -0.39 is 74.2 Å². The molecule has 1 aliphatic rings. The Morgan fingerprint density at radius 1 is 0.569 bits per heavy atom. The molecule has 1 saturated heterocycles. The average molecular weight is 832 g/mol. The lowest BCUT2D eigenvalue weighted by Crippen LogP contribution is -2.60. The highest BCUT2D eigenvalue weighted by atomic mass is 16.7. The van der Waals surface area contributed by atoms with Crippen molar-refractivity contribution in [1.29, 1.82) is 0 Å². The minimum atomic E-state index is -1.66. The fourth-order valence-electron chi connectivity index (χ4n) is 8.04. The Bertz CT molecular complexity index is 926. The number of amides is 1. The maximum atomic E-state index is 13.1. The molecule has 1 amide bonds. The van der Waals surface area contributed by atoms with Crippen LogP contribution in [0.2, 0.25) is 0 Å². The van der Waals surface area contributed by atoms with Gasteiger partial charge in [-0.2, -0.15) is 0 Å². The van der Waals surface area contributed by atoms with E-state index in [4.69, 9.17) is 9.47 Å². The van der Waals surface area contributed by atoms with Crippen molar-refractivity contribution in [3.63, 3.8) is 0 Å². The number of carbonyl (C=O) groups is 1. The van der Waals surface area contributed by atoms with Crippen molar-refractivity contribution in [2.24, 2.45) is 5.92 Å². The molecule has 0 saturated carbocycles. The summed E-state index contributed by atoms with van der Waals surface area (Å²) in [6.07, 6.45) is 24.6. The molecule has 58 heavy (non-hydrogen) atoms. The zero-order valence-corrected chi connectivity index (χ0v) is 37.5. The molecule has 0 radical (unpaired) electrons. The van der Waals surface area contributed by atoms with Crippen LogP contribution in [0.15, 0.2) is 0 Å². The Balaban J connectivity index is 2.37. The molecule has 11 nitrogen and oxygen atoms in total. The van der Waals surface area contributed by atoms with Gasteiger partial charge in [-0.3, -0.25) is 4.79 Å². The second kappa shape index (κ2) is 36.7. The van der Waals surface area contributed by atoms with Gasteiger partial charge in [0.25, 0.3) is 0 Å². The number of carbonyl (C=O) groups excluding carboxylic acids is 1. The normalized spacial score (nSPS) is 21.9. The molecular formula is C47H93NO10. The van der Waals surface area contributed by atoms with Crippen LogP contribution in [0.25, 0.3) is 0 Å². The third kappa shape index (κ3) is 27.1. The molecule has 0 spiro atoms. The Morgan fingerprint density at radius 2 is 0.966 bits per heavy atom. The summed E-state index contributed by atoms with van der Waals surface area (Å²) < 4.78 is 11.1. The fraction of sp³-hybridized carbons (Fsp3) is 0.979. The number of unbranched alkanes of at least 4 members (excludes halogenated alkanes) is 26. The summed E-state index contributed by atoms with van der Waals surface area (Å²) in [6, 6.07) is -1.16. The summed E-state index contributed by atoms with van der Waals surface area (Å²) in [6.45, 7) is 5.72. The number of hydrogen-bond acceptors (Lipinski definition) is 10. The van der Waals surface area contributed by atoms with Crippen molar-refractivity contribution in [2.45, 2.75) is 275 Å². The topological polar surface area (TPSA) is 189 Å². The molecule has 346 valence electrons. The van der Waals surface area contributed by atoms with Gasteiger partial charge in [0.15, 0.2) is 6.29 Å². The van der Waals surface area contributed by atoms with Gasteiger partial charge in [-0.15, -0.1) is 0 Å². The van der Waals surface area contributed by atoms with Crippen molar-refractivity contribution < 1.29 is 50.0 Å². The second-order valence-electron chi connectivity index (χ2n) is 18.0. The van der Waals surface area contributed by atoms with Gasteiger partial charge in [0.05, 0.1) is 25.4 Å². The molecule has 0 aromatic carbocycles. The zero-order valence-electron chi connectivity index (χ0n) is 37.5. The van der Waals surface area contributed by atoms with Gasteiger partial charge < -0.3 is 50.5 Å². The molecular weight excluding hydrogens is 739 g/mol. The molecule has 0 bridgehead atoms. The first kappa shape index (κ1) is 55.1. The van der Waals surface area contributed by atoms with Crippen LogP contribution in [0.5, 0.6) is 0 Å². The fourth-order valence-corrected chi connectivity index (χ4v) is 8.04. The Hall–Kier alpha value is -0.890. The van der Waals surface area contributed by atoms with Crippen molar-refractivity contribution in [3.8, 4) is 0 Å². The SMILES string of the molecule is CCCCCCCCCCCCCCCCCCCCCCC(O)C(=O)N[C@@H](CO[C@@H]1O[C@H](CO)[C@@H](O)[C@H](O)[C@H]1O)[C@H](O)[C@H](O)CCCCCCCCCCC(C)C. The van der Waals surface area contributed by atoms with Crippen molar-refractivity contribution in [2.75, 3.05) is 13.2 Å². The predicted octanol–water partition coefficient (Wildman–Crippen LogP) is 8.14. The van der Waals surface area contributed by atoms with E-state index in [0.29, 0.717) is 19.3 Å². The summed E-state index contributed by atoms with van der Waals surface area (Å²) in [5.74, 6) is 0.0528. The van der Waals surface area contributed by atoms with E-state index in [1.54, 1.807) is 0 Å². The molecule has 8 N–H and O–H groups in total. The largest absolute Gasteiger partial charge is 0.394 e. The van der Waals surface area contributed by atoms with E-state index in [1.807, 2.05) is 0 Å². The van der Waals surface area contributed by atoms with Crippen LogP contribution >= 0.6 is 0 Å². The van der Waals surface area contributed by atoms with Crippen LogP contribution in [0, 0.1) is 5.92 Å². The van der Waals surface area contributed by atoms with E-state index in [-0.39, 0.29) is 6.42 Å². The van der Waals surface area contributed by atoms with Crippen LogP contribution in [-0.4, -0.2) is 110 Å². The number of ether oxygens (including phenoxy) is 2. The highest BCUT2D eigenvalue weighted by molar-refractivity contribution is 5.80. The average Bonchev–Trinajstić information content (AvgIpc) is 3.21. The molecule has 1 aliphatic heterocycles. The standard InChI is InChI=1S/C47H93NO10/c1-4-5-6-7-8-9-10-11-12-13-14-15-16-17-18-19-20-25-28-31-34-40(51)46(56)48-38(36-57-47-45(55)44(54)43(53)41(35-49)58-47)42(52)39(50)33-30-27-24-22-21-23-26-29-32-37(2)3/h37-45,47,49-55H,4-36H2,1-3H3,(H,48,56)/t38-,39+,40?,41+,42-,43+,44-,45+,47+/m0/s1. The summed E-state index contributed by atoms with van der Waals surface area (Å²) >= 11 is 0. The van der Waals surface area contributed by atoms with Crippen molar-refractivity contribution >= 4 is 5.91 Å². The molecule has 1 heterocycles. The first-order valence-electron chi connectivity index (χ1n) is 24.3. The van der Waals surface area contributed by atoms with Gasteiger partial charge in [-0.05, 0) is 18.8 Å². The third-order valence-electron chi connectivity index (χ3n) is 12.1. The van der Waals surface area contributed by atoms with Crippen molar-refractivity contribution in [3.05, 3.63) is 0 Å². The monoisotopic (exact) mass is 832 g/mol. The van der Waals surface area contributed by atoms with Crippen LogP contribution in [-0.2, 0) is 14.3 Å². The van der Waals surface area contributed by atoms with Crippen LogP contribution in [0.3, 0.4) is 0 Å². The van der Waals surface area contributed by atoms with E-state index in [1.165, 1.54) is 135 Å². The molecule has 9 atom stereocenters. The molecule has 0 aromatic rings. The minimum Gasteiger partial charge on any atom is -0.394 e. The Labute approximate surface area is 354 Å². The van der Waals surface area contributed by atoms with Gasteiger partial charge in [-0.1, -0.05) is 207 Å². The summed E-state index contributed by atoms with van der Waals surface area (Å²) in [5.41, 5.74) is 0. The van der Waals surface area contributed by atoms with E-state index in [0.717, 1.165) is 44.4 Å². The Kier molecular flexibility index (Phi) is 34.9. The van der Waals surface area contributed by atoms with Crippen molar-refractivity contribution in [1.82, 2.24) is 5.32 Å². The van der Waals surface area contributed by atoms with Crippen LogP contribution in [0.4, 0.5) is 0 Å². The van der Waals surface area contributed by atoms with Gasteiger partial charge in [-0.25, -0.2) is 0 Å². The maximum absolute atomic E-state index is 13.1. The summed E-state index contributed by atoms with van der Waals surface area (Å²) in [5, 5.41) is 75.6. The van der Waals surface area contributed by atoms with Crippen LogP contribution in [0.1, 0.15) is 220 Å². The molecule has 1 rings (SSSR count). The molecule has 0 aromatic heterocycles. The number of hydrogen-bond donors (Lipinski definition) is 8. The number of rotatable bonds is 40. The zero-order chi connectivity index (χ0) is 42.8. The molecule has 0 aliphatic carbocycles.